The lowest BCUT2D eigenvalue weighted by Gasteiger charge is -2.19. The lowest BCUT2D eigenvalue weighted by molar-refractivity contribution is -0.162. The van der Waals surface area contributed by atoms with E-state index in [4.69, 9.17) is 10.5 Å². The van der Waals surface area contributed by atoms with Gasteiger partial charge in [0.2, 0.25) is 0 Å². The first-order valence-corrected chi connectivity index (χ1v) is 4.86. The summed E-state index contributed by atoms with van der Waals surface area (Å²) >= 11 is 0. The number of hydrogen-bond donors (Lipinski definition) is 0. The van der Waals surface area contributed by atoms with Crippen LogP contribution in [0.5, 0.6) is 0 Å². The Balaban J connectivity index is 4.07. The molecule has 0 amide bonds. The van der Waals surface area contributed by atoms with Crippen LogP contribution in [0.3, 0.4) is 0 Å². The van der Waals surface area contributed by atoms with Crippen molar-refractivity contribution >= 4 is 6.08 Å². The van der Waals surface area contributed by atoms with Crippen LogP contribution in [0.2, 0.25) is 0 Å². The molecule has 1 aromatic rings. The van der Waals surface area contributed by atoms with Gasteiger partial charge in [-0.2, -0.15) is 36.9 Å². The maximum Gasteiger partial charge on any atom is 0.418 e. The smallest absolute Gasteiger partial charge is 0.192 e. The summed E-state index contributed by atoms with van der Waals surface area (Å²) in [6.45, 7) is 3.00. The number of halogens is 6. The minimum absolute atomic E-state index is 0.556. The summed E-state index contributed by atoms with van der Waals surface area (Å²) in [5, 5.41) is 17.3. The fraction of sp³-hybridized carbons (Fsp3) is 0.167. The summed E-state index contributed by atoms with van der Waals surface area (Å²) < 4.78 is 77.1. The zero-order valence-corrected chi connectivity index (χ0v) is 9.52. The van der Waals surface area contributed by atoms with Crippen molar-refractivity contribution in [2.24, 2.45) is 0 Å². The predicted molar refractivity (Wildman–Crippen MR) is 56.0 cm³/mol. The van der Waals surface area contributed by atoms with E-state index in [1.165, 1.54) is 6.07 Å². The van der Waals surface area contributed by atoms with E-state index >= 15 is 0 Å². The average molecular weight is 290 g/mol. The minimum atomic E-state index is -5.43. The first kappa shape index (κ1) is 15.6. The third-order valence-corrected chi connectivity index (χ3v) is 2.38. The number of benzene rings is 1. The fourth-order valence-corrected chi connectivity index (χ4v) is 1.66. The molecule has 0 aliphatic rings. The van der Waals surface area contributed by atoms with Gasteiger partial charge in [-0.05, 0) is 11.6 Å². The second-order valence-electron chi connectivity index (χ2n) is 3.56. The summed E-state index contributed by atoms with van der Waals surface area (Å²) in [5.41, 5.74) is -7.22. The summed E-state index contributed by atoms with van der Waals surface area (Å²) in [6.07, 6.45) is -10.2. The Hall–Kier alpha value is -2.48. The highest BCUT2D eigenvalue weighted by Crippen LogP contribution is 2.44. The fourth-order valence-electron chi connectivity index (χ4n) is 1.66. The normalized spacial score (nSPS) is 11.6. The zero-order valence-electron chi connectivity index (χ0n) is 9.52. The van der Waals surface area contributed by atoms with Gasteiger partial charge in [0, 0.05) is 0 Å². The Morgan fingerprint density at radius 1 is 0.950 bits per heavy atom. The summed E-state index contributed by atoms with van der Waals surface area (Å²) in [6, 6.07) is 2.84. The molecule has 0 heterocycles. The molecule has 8 heteroatoms. The van der Waals surface area contributed by atoms with Crippen LogP contribution < -0.4 is 0 Å². The molecular formula is C12H4F6N2. The standard InChI is InChI=1S/C12H4F6N2/c1-2-6-3-7(4-19)8(5-20)10(12(16,17)18)9(6)11(13,14)15/h2-3H,1H2. The topological polar surface area (TPSA) is 47.6 Å². The molecule has 0 aliphatic carbocycles. The van der Waals surface area contributed by atoms with E-state index in [9.17, 15) is 26.3 Å². The van der Waals surface area contributed by atoms with Crippen LogP contribution in [0.25, 0.3) is 6.08 Å². The van der Waals surface area contributed by atoms with Gasteiger partial charge in [-0.3, -0.25) is 0 Å². The van der Waals surface area contributed by atoms with E-state index in [2.05, 4.69) is 6.58 Å². The van der Waals surface area contributed by atoms with E-state index in [-0.39, 0.29) is 0 Å². The zero-order chi connectivity index (χ0) is 15.7. The highest BCUT2D eigenvalue weighted by Gasteiger charge is 2.47. The van der Waals surface area contributed by atoms with Crippen molar-refractivity contribution in [1.82, 2.24) is 0 Å². The Morgan fingerprint density at radius 2 is 1.45 bits per heavy atom. The maximum absolute atomic E-state index is 12.9. The molecule has 0 saturated heterocycles. The van der Waals surface area contributed by atoms with Crippen molar-refractivity contribution in [1.29, 1.82) is 10.5 Å². The van der Waals surface area contributed by atoms with Gasteiger partial charge in [-0.25, -0.2) is 0 Å². The summed E-state index contributed by atoms with van der Waals surface area (Å²) in [7, 11) is 0. The molecule has 0 saturated carbocycles. The molecule has 0 spiro atoms. The first-order chi connectivity index (χ1) is 9.07. The van der Waals surface area contributed by atoms with Crippen molar-refractivity contribution in [2.75, 3.05) is 0 Å². The molecule has 1 rings (SSSR count). The Labute approximate surface area is 109 Å². The molecule has 0 aromatic heterocycles. The Morgan fingerprint density at radius 3 is 1.75 bits per heavy atom. The molecule has 0 N–H and O–H groups in total. The number of rotatable bonds is 1. The molecule has 0 atom stereocenters. The minimum Gasteiger partial charge on any atom is -0.192 e. The number of nitrogens with zero attached hydrogens (tertiary/aromatic N) is 2. The predicted octanol–water partition coefficient (Wildman–Crippen LogP) is 4.11. The highest BCUT2D eigenvalue weighted by atomic mass is 19.4. The van der Waals surface area contributed by atoms with Crippen LogP contribution >= 0.6 is 0 Å². The number of nitriles is 2. The van der Waals surface area contributed by atoms with Crippen LogP contribution in [-0.2, 0) is 12.4 Å². The lowest BCUT2D eigenvalue weighted by atomic mass is 9.91. The van der Waals surface area contributed by atoms with Crippen molar-refractivity contribution in [3.8, 4) is 12.1 Å². The molecular weight excluding hydrogens is 286 g/mol. The highest BCUT2D eigenvalue weighted by molar-refractivity contribution is 5.65. The molecule has 0 aliphatic heterocycles. The van der Waals surface area contributed by atoms with Crippen LogP contribution in [0.15, 0.2) is 12.6 Å². The SMILES string of the molecule is C=Cc1cc(C#N)c(C#N)c(C(F)(F)F)c1C(F)(F)F. The second-order valence-corrected chi connectivity index (χ2v) is 3.56. The third-order valence-electron chi connectivity index (χ3n) is 2.38. The molecule has 1 aromatic carbocycles. The summed E-state index contributed by atoms with van der Waals surface area (Å²) in [4.78, 5) is 0. The van der Waals surface area contributed by atoms with Crippen molar-refractivity contribution in [3.63, 3.8) is 0 Å². The van der Waals surface area contributed by atoms with E-state index in [0.29, 0.717) is 12.1 Å². The van der Waals surface area contributed by atoms with Gasteiger partial charge in [0.05, 0.1) is 22.3 Å². The largest absolute Gasteiger partial charge is 0.418 e. The maximum atomic E-state index is 12.9. The van der Waals surface area contributed by atoms with Gasteiger partial charge in [0.25, 0.3) is 0 Å². The monoisotopic (exact) mass is 290 g/mol. The van der Waals surface area contributed by atoms with Gasteiger partial charge >= 0.3 is 12.4 Å². The lowest BCUT2D eigenvalue weighted by Crippen LogP contribution is -2.21. The van der Waals surface area contributed by atoms with Crippen LogP contribution in [-0.4, -0.2) is 0 Å². The molecule has 104 valence electrons. The number of alkyl halides is 6. The van der Waals surface area contributed by atoms with E-state index in [0.717, 1.165) is 6.07 Å². The van der Waals surface area contributed by atoms with E-state index in [1.54, 1.807) is 0 Å². The molecule has 2 nitrogen and oxygen atoms in total. The van der Waals surface area contributed by atoms with E-state index < -0.39 is 40.2 Å². The van der Waals surface area contributed by atoms with Gasteiger partial charge in [-0.1, -0.05) is 12.7 Å². The Bertz CT molecular complexity index is 640. The molecule has 0 fully saturated rings. The van der Waals surface area contributed by atoms with Gasteiger partial charge < -0.3 is 0 Å². The van der Waals surface area contributed by atoms with Crippen molar-refractivity contribution < 1.29 is 26.3 Å². The average Bonchev–Trinajstić information content (AvgIpc) is 2.33. The van der Waals surface area contributed by atoms with Gasteiger partial charge in [0.15, 0.2) is 0 Å². The summed E-state index contributed by atoms with van der Waals surface area (Å²) in [5.74, 6) is 0. The van der Waals surface area contributed by atoms with Gasteiger partial charge in [0.1, 0.15) is 12.1 Å². The van der Waals surface area contributed by atoms with E-state index in [1.807, 2.05) is 0 Å². The Kier molecular flexibility index (Phi) is 3.81. The molecule has 0 unspecified atom stereocenters. The van der Waals surface area contributed by atoms with Gasteiger partial charge in [-0.15, -0.1) is 0 Å². The number of hydrogen-bond acceptors (Lipinski definition) is 2. The quantitative estimate of drug-likeness (QED) is 0.731. The van der Waals surface area contributed by atoms with Crippen molar-refractivity contribution in [3.05, 3.63) is 40.5 Å². The first-order valence-electron chi connectivity index (χ1n) is 4.86. The molecule has 0 bridgehead atoms. The second kappa shape index (κ2) is 4.89. The van der Waals surface area contributed by atoms with Crippen LogP contribution in [0.1, 0.15) is 27.8 Å². The molecule has 0 radical (unpaired) electrons. The van der Waals surface area contributed by atoms with Crippen LogP contribution in [0.4, 0.5) is 26.3 Å². The van der Waals surface area contributed by atoms with Crippen LogP contribution in [0, 0.1) is 22.7 Å². The molecule has 20 heavy (non-hydrogen) atoms. The van der Waals surface area contributed by atoms with Crippen molar-refractivity contribution in [2.45, 2.75) is 12.4 Å². The third kappa shape index (κ3) is 2.59.